The van der Waals surface area contributed by atoms with Gasteiger partial charge in [-0.25, -0.2) is 4.68 Å². The lowest BCUT2D eigenvalue weighted by molar-refractivity contribution is -0.117. The van der Waals surface area contributed by atoms with Gasteiger partial charge in [0.1, 0.15) is 17.7 Å². The van der Waals surface area contributed by atoms with Gasteiger partial charge in [0.15, 0.2) is 0 Å². The fraction of sp³-hybridized carbons (Fsp3) is 0.391. The molecule has 0 saturated carbocycles. The number of amides is 1. The molecule has 14 heteroatoms. The van der Waals surface area contributed by atoms with Crippen molar-refractivity contribution in [2.75, 3.05) is 36.6 Å². The standard InChI is InChI=1S/C23H26Cl2N5O6P/c1-36-22-21-15(10-19(28-22)29-7-4-14(5-8-29)6-9-37(33,34)35)12-26-30(23(21)32)13-20(31)27-16-2-3-17(24)18(25)11-16/h2-3,10-12,14H,4-9,13H2,1H3,(H,27,31)(H2,33,34,35). The SMILES string of the molecule is COc1nc(N2CCC(CCP(=O)(O)O)CC2)cc2cnn(CC(=O)Nc3ccc(Cl)c(Cl)c3)c(=O)c12. The molecule has 37 heavy (non-hydrogen) atoms. The van der Waals surface area contributed by atoms with Crippen molar-refractivity contribution in [2.45, 2.75) is 25.8 Å². The predicted molar refractivity (Wildman–Crippen MR) is 142 cm³/mol. The number of hydrogen-bond acceptors (Lipinski definition) is 7. The molecule has 1 fully saturated rings. The summed E-state index contributed by atoms with van der Waals surface area (Å²) in [6.45, 7) is 0.988. The van der Waals surface area contributed by atoms with Crippen LogP contribution in [-0.4, -0.2) is 56.8 Å². The Morgan fingerprint density at radius 1 is 1.22 bits per heavy atom. The Hall–Kier alpha value is -2.69. The maximum Gasteiger partial charge on any atom is 0.325 e. The number of benzene rings is 1. The van der Waals surface area contributed by atoms with E-state index in [0.717, 1.165) is 17.5 Å². The number of anilines is 2. The number of aromatic nitrogens is 3. The van der Waals surface area contributed by atoms with Gasteiger partial charge in [-0.1, -0.05) is 23.2 Å². The molecule has 3 aromatic rings. The maximum atomic E-state index is 13.2. The molecule has 0 bridgehead atoms. The molecular weight excluding hydrogens is 544 g/mol. The topological polar surface area (TPSA) is 147 Å². The Labute approximate surface area is 222 Å². The third kappa shape index (κ3) is 6.80. The minimum absolute atomic E-state index is 0.108. The summed E-state index contributed by atoms with van der Waals surface area (Å²) in [5, 5.41) is 8.20. The van der Waals surface area contributed by atoms with Crippen LogP contribution in [0.1, 0.15) is 19.3 Å². The van der Waals surface area contributed by atoms with Gasteiger partial charge < -0.3 is 24.7 Å². The number of carbonyl (C=O) groups is 1. The second-order valence-corrected chi connectivity index (χ2v) is 11.4. The number of methoxy groups -OCH3 is 1. The molecule has 3 heterocycles. The van der Waals surface area contributed by atoms with Crippen molar-refractivity contribution in [3.8, 4) is 5.88 Å². The number of rotatable bonds is 8. The van der Waals surface area contributed by atoms with Crippen molar-refractivity contribution in [1.29, 1.82) is 0 Å². The number of pyridine rings is 1. The zero-order chi connectivity index (χ0) is 26.7. The molecule has 0 atom stereocenters. The number of ether oxygens (including phenoxy) is 1. The third-order valence-electron chi connectivity index (χ3n) is 6.24. The first-order valence-electron chi connectivity index (χ1n) is 11.5. The van der Waals surface area contributed by atoms with Gasteiger partial charge in [0.25, 0.3) is 5.56 Å². The fourth-order valence-corrected chi connectivity index (χ4v) is 5.29. The summed E-state index contributed by atoms with van der Waals surface area (Å²) in [6.07, 6.45) is 3.41. The van der Waals surface area contributed by atoms with Gasteiger partial charge in [-0.05, 0) is 49.4 Å². The summed E-state index contributed by atoms with van der Waals surface area (Å²) < 4.78 is 17.6. The van der Waals surface area contributed by atoms with Crippen molar-refractivity contribution in [2.24, 2.45) is 5.92 Å². The van der Waals surface area contributed by atoms with Crippen molar-refractivity contribution in [3.63, 3.8) is 0 Å². The highest BCUT2D eigenvalue weighted by Crippen LogP contribution is 2.38. The van der Waals surface area contributed by atoms with Gasteiger partial charge in [0, 0.05) is 24.2 Å². The highest BCUT2D eigenvalue weighted by Gasteiger charge is 2.24. The number of nitrogens with zero attached hydrogens (tertiary/aromatic N) is 4. The average Bonchev–Trinajstić information content (AvgIpc) is 2.86. The molecule has 1 aromatic carbocycles. The first-order chi connectivity index (χ1) is 17.5. The lowest BCUT2D eigenvalue weighted by Crippen LogP contribution is -2.35. The van der Waals surface area contributed by atoms with Crippen LogP contribution in [0.5, 0.6) is 5.88 Å². The van der Waals surface area contributed by atoms with Crippen LogP contribution in [-0.2, 0) is 15.9 Å². The van der Waals surface area contributed by atoms with E-state index in [1.165, 1.54) is 19.4 Å². The van der Waals surface area contributed by atoms with E-state index in [-0.39, 0.29) is 34.9 Å². The van der Waals surface area contributed by atoms with E-state index in [1.54, 1.807) is 18.2 Å². The Morgan fingerprint density at radius 3 is 2.59 bits per heavy atom. The minimum Gasteiger partial charge on any atom is -0.480 e. The van der Waals surface area contributed by atoms with Crippen LogP contribution < -0.4 is 20.5 Å². The largest absolute Gasteiger partial charge is 0.480 e. The zero-order valence-corrected chi connectivity index (χ0v) is 22.3. The number of piperidine rings is 1. The van der Waals surface area contributed by atoms with Gasteiger partial charge in [-0.2, -0.15) is 10.1 Å². The number of hydrogen-bond donors (Lipinski definition) is 3. The predicted octanol–water partition coefficient (Wildman–Crippen LogP) is 3.53. The van der Waals surface area contributed by atoms with E-state index in [4.69, 9.17) is 37.7 Å². The molecule has 1 saturated heterocycles. The lowest BCUT2D eigenvalue weighted by Gasteiger charge is -2.33. The third-order valence-corrected chi connectivity index (χ3v) is 7.82. The summed E-state index contributed by atoms with van der Waals surface area (Å²) in [5.74, 6) is 0.504. The normalized spacial score (nSPS) is 14.7. The first-order valence-corrected chi connectivity index (χ1v) is 14.1. The van der Waals surface area contributed by atoms with E-state index < -0.39 is 19.1 Å². The van der Waals surface area contributed by atoms with E-state index in [1.807, 2.05) is 4.90 Å². The molecule has 1 aliphatic heterocycles. The Bertz CT molecular complexity index is 1420. The van der Waals surface area contributed by atoms with Crippen molar-refractivity contribution in [3.05, 3.63) is 50.9 Å². The highest BCUT2D eigenvalue weighted by atomic mass is 35.5. The van der Waals surface area contributed by atoms with Crippen LogP contribution in [0.3, 0.4) is 0 Å². The average molecular weight is 570 g/mol. The summed E-state index contributed by atoms with van der Waals surface area (Å²) in [7, 11) is -2.58. The molecule has 0 spiro atoms. The number of halogens is 2. The quantitative estimate of drug-likeness (QED) is 0.346. The Morgan fingerprint density at radius 2 is 1.95 bits per heavy atom. The lowest BCUT2D eigenvalue weighted by atomic mass is 9.94. The summed E-state index contributed by atoms with van der Waals surface area (Å²) in [5.41, 5.74) is -0.0866. The zero-order valence-electron chi connectivity index (χ0n) is 19.9. The van der Waals surface area contributed by atoms with Gasteiger partial charge in [0.2, 0.25) is 11.8 Å². The molecular formula is C23H26Cl2N5O6P. The van der Waals surface area contributed by atoms with Crippen LogP contribution in [0.15, 0.2) is 35.3 Å². The van der Waals surface area contributed by atoms with E-state index in [9.17, 15) is 14.2 Å². The van der Waals surface area contributed by atoms with Gasteiger partial charge in [-0.15, -0.1) is 0 Å². The Kier molecular flexibility index (Phi) is 8.40. The molecule has 4 rings (SSSR count). The van der Waals surface area contributed by atoms with Gasteiger partial charge in [0.05, 0.1) is 29.5 Å². The van der Waals surface area contributed by atoms with E-state index in [0.29, 0.717) is 41.4 Å². The second kappa shape index (κ2) is 11.4. The molecule has 3 N–H and O–H groups in total. The van der Waals surface area contributed by atoms with E-state index in [2.05, 4.69) is 15.4 Å². The highest BCUT2D eigenvalue weighted by molar-refractivity contribution is 7.51. The van der Waals surface area contributed by atoms with Crippen LogP contribution in [0.25, 0.3) is 10.8 Å². The van der Waals surface area contributed by atoms with Gasteiger partial charge in [-0.3, -0.25) is 14.2 Å². The Balaban J connectivity index is 1.50. The van der Waals surface area contributed by atoms with Crippen molar-refractivity contribution in [1.82, 2.24) is 14.8 Å². The summed E-state index contributed by atoms with van der Waals surface area (Å²) in [6, 6.07) is 6.41. The molecule has 2 aromatic heterocycles. The fourth-order valence-electron chi connectivity index (χ4n) is 4.29. The van der Waals surface area contributed by atoms with Crippen LogP contribution in [0.4, 0.5) is 11.5 Å². The summed E-state index contributed by atoms with van der Waals surface area (Å²) >= 11 is 11.9. The number of fused-ring (bicyclic) bond motifs is 1. The van der Waals surface area contributed by atoms with Crippen molar-refractivity contribution < 1.29 is 23.9 Å². The molecule has 0 radical (unpaired) electrons. The van der Waals surface area contributed by atoms with Crippen LogP contribution in [0.2, 0.25) is 10.0 Å². The van der Waals surface area contributed by atoms with E-state index >= 15 is 0 Å². The molecule has 198 valence electrons. The monoisotopic (exact) mass is 569 g/mol. The molecule has 11 nitrogen and oxygen atoms in total. The van der Waals surface area contributed by atoms with Crippen molar-refractivity contribution >= 4 is 59.0 Å². The number of carbonyl (C=O) groups excluding carboxylic acids is 1. The number of nitrogens with one attached hydrogen (secondary N) is 1. The second-order valence-electron chi connectivity index (χ2n) is 8.85. The summed E-state index contributed by atoms with van der Waals surface area (Å²) in [4.78, 5) is 50.5. The first kappa shape index (κ1) is 27.3. The smallest absolute Gasteiger partial charge is 0.325 e. The van der Waals surface area contributed by atoms with Crippen LogP contribution in [0, 0.1) is 5.92 Å². The molecule has 1 aliphatic rings. The van der Waals surface area contributed by atoms with Gasteiger partial charge >= 0.3 is 7.60 Å². The van der Waals surface area contributed by atoms with Crippen LogP contribution >= 0.6 is 30.8 Å². The maximum absolute atomic E-state index is 13.2. The minimum atomic E-state index is -4.00. The molecule has 0 aliphatic carbocycles. The molecule has 1 amide bonds. The molecule has 0 unspecified atom stereocenters.